The minimum atomic E-state index is -0.587. The molecule has 0 saturated carbocycles. The van der Waals surface area contributed by atoms with Crippen LogP contribution in [0.3, 0.4) is 0 Å². The fraction of sp³-hybridized carbons (Fsp3) is 0.0625. The number of nitrogens with one attached hydrogen (secondary N) is 1. The van der Waals surface area contributed by atoms with Gasteiger partial charge in [-0.2, -0.15) is 0 Å². The Hall–Kier alpha value is -1.67. The van der Waals surface area contributed by atoms with E-state index in [0.717, 1.165) is 5.56 Å². The number of amides is 1. The summed E-state index contributed by atoms with van der Waals surface area (Å²) in [6, 6.07) is 11.0. The van der Waals surface area contributed by atoms with Crippen molar-refractivity contribution in [2.75, 3.05) is 5.32 Å². The molecule has 2 aromatic carbocycles. The summed E-state index contributed by atoms with van der Waals surface area (Å²) >= 11 is 14.6. The van der Waals surface area contributed by atoms with Crippen LogP contribution in [0.5, 0.6) is 0 Å². The summed E-state index contributed by atoms with van der Waals surface area (Å²) in [4.78, 5) is 12.1. The number of rotatable bonds is 5. The Kier molecular flexibility index (Phi) is 5.90. The molecule has 1 heterocycles. The molecule has 0 saturated heterocycles. The van der Waals surface area contributed by atoms with Gasteiger partial charge in [0.2, 0.25) is 5.13 Å². The zero-order valence-electron chi connectivity index (χ0n) is 12.5. The molecule has 1 N–H and O–H groups in total. The van der Waals surface area contributed by atoms with Gasteiger partial charge in [0.1, 0.15) is 5.82 Å². The van der Waals surface area contributed by atoms with Crippen molar-refractivity contribution in [2.45, 2.75) is 10.1 Å². The normalized spacial score (nSPS) is 10.7. The van der Waals surface area contributed by atoms with Crippen LogP contribution in [0.4, 0.5) is 9.52 Å². The molecule has 0 spiro atoms. The largest absolute Gasteiger partial charge is 0.296 e. The van der Waals surface area contributed by atoms with Gasteiger partial charge >= 0.3 is 0 Å². The molecule has 0 atom stereocenters. The minimum Gasteiger partial charge on any atom is -0.296 e. The van der Waals surface area contributed by atoms with Gasteiger partial charge in [-0.1, -0.05) is 64.5 Å². The van der Waals surface area contributed by atoms with E-state index in [0.29, 0.717) is 25.3 Å². The van der Waals surface area contributed by atoms with Crippen LogP contribution in [0.25, 0.3) is 0 Å². The highest BCUT2D eigenvalue weighted by molar-refractivity contribution is 8.00. The first-order chi connectivity index (χ1) is 12.0. The maximum Gasteiger partial charge on any atom is 0.260 e. The average Bonchev–Trinajstić information content (AvgIpc) is 3.02. The van der Waals surface area contributed by atoms with Crippen LogP contribution < -0.4 is 5.32 Å². The lowest BCUT2D eigenvalue weighted by atomic mass is 10.2. The van der Waals surface area contributed by atoms with Gasteiger partial charge in [-0.05, 0) is 29.8 Å². The number of benzene rings is 2. The van der Waals surface area contributed by atoms with Crippen molar-refractivity contribution in [2.24, 2.45) is 0 Å². The average molecular weight is 414 g/mol. The zero-order valence-corrected chi connectivity index (χ0v) is 15.6. The highest BCUT2D eigenvalue weighted by Crippen LogP contribution is 2.31. The quantitative estimate of drug-likeness (QED) is 0.441. The summed E-state index contributed by atoms with van der Waals surface area (Å²) in [6.07, 6.45) is 0. The molecule has 0 bridgehead atoms. The lowest BCUT2D eigenvalue weighted by Gasteiger charge is -2.02. The molecule has 0 radical (unpaired) electrons. The smallest absolute Gasteiger partial charge is 0.260 e. The van der Waals surface area contributed by atoms with Crippen LogP contribution >= 0.6 is 46.3 Å². The summed E-state index contributed by atoms with van der Waals surface area (Å²) in [5.74, 6) is -0.561. The van der Waals surface area contributed by atoms with Gasteiger partial charge in [-0.25, -0.2) is 4.39 Å². The summed E-state index contributed by atoms with van der Waals surface area (Å²) < 4.78 is 14.3. The lowest BCUT2D eigenvalue weighted by molar-refractivity contribution is 0.102. The van der Waals surface area contributed by atoms with Gasteiger partial charge < -0.3 is 0 Å². The SMILES string of the molecule is O=C(Nc1nnc(SCc2ccc(Cl)cc2Cl)s1)c1ccccc1F. The summed E-state index contributed by atoms with van der Waals surface area (Å²) in [5.41, 5.74) is 0.878. The number of carbonyl (C=O) groups is 1. The van der Waals surface area contributed by atoms with E-state index < -0.39 is 11.7 Å². The number of hydrogen-bond donors (Lipinski definition) is 1. The van der Waals surface area contributed by atoms with Crippen molar-refractivity contribution in [3.05, 3.63) is 69.5 Å². The van der Waals surface area contributed by atoms with E-state index in [4.69, 9.17) is 23.2 Å². The molecule has 0 aliphatic heterocycles. The van der Waals surface area contributed by atoms with Gasteiger partial charge in [-0.15, -0.1) is 10.2 Å². The van der Waals surface area contributed by atoms with E-state index in [1.807, 2.05) is 6.07 Å². The van der Waals surface area contributed by atoms with Crippen molar-refractivity contribution in [1.82, 2.24) is 10.2 Å². The highest BCUT2D eigenvalue weighted by Gasteiger charge is 2.14. The van der Waals surface area contributed by atoms with Crippen LogP contribution in [-0.2, 0) is 5.75 Å². The molecule has 0 fully saturated rings. The molecular weight excluding hydrogens is 404 g/mol. The Morgan fingerprint density at radius 2 is 2.00 bits per heavy atom. The van der Waals surface area contributed by atoms with Crippen LogP contribution in [0.2, 0.25) is 10.0 Å². The Morgan fingerprint density at radius 3 is 2.76 bits per heavy atom. The maximum atomic E-state index is 13.6. The summed E-state index contributed by atoms with van der Waals surface area (Å²) in [7, 11) is 0. The third-order valence-electron chi connectivity index (χ3n) is 3.11. The number of thioether (sulfide) groups is 1. The summed E-state index contributed by atoms with van der Waals surface area (Å²) in [6.45, 7) is 0. The molecule has 0 aliphatic rings. The van der Waals surface area contributed by atoms with Gasteiger partial charge in [0, 0.05) is 15.8 Å². The van der Waals surface area contributed by atoms with Crippen molar-refractivity contribution < 1.29 is 9.18 Å². The number of halogens is 3. The molecule has 9 heteroatoms. The first-order valence-electron chi connectivity index (χ1n) is 6.99. The molecular formula is C16H10Cl2FN3OS2. The van der Waals surface area contributed by atoms with Crippen molar-refractivity contribution in [3.8, 4) is 0 Å². The fourth-order valence-electron chi connectivity index (χ4n) is 1.91. The molecule has 1 amide bonds. The third-order valence-corrected chi connectivity index (χ3v) is 5.72. The Morgan fingerprint density at radius 1 is 1.20 bits per heavy atom. The van der Waals surface area contributed by atoms with E-state index >= 15 is 0 Å². The number of aromatic nitrogens is 2. The molecule has 25 heavy (non-hydrogen) atoms. The molecule has 1 aromatic heterocycles. The minimum absolute atomic E-state index is 0.0418. The van der Waals surface area contributed by atoms with Gasteiger partial charge in [0.15, 0.2) is 4.34 Å². The van der Waals surface area contributed by atoms with Crippen LogP contribution in [0.1, 0.15) is 15.9 Å². The second-order valence-corrected chi connectivity index (χ2v) is 7.88. The number of hydrogen-bond acceptors (Lipinski definition) is 5. The monoisotopic (exact) mass is 413 g/mol. The number of carbonyl (C=O) groups excluding carboxylic acids is 1. The Bertz CT molecular complexity index is 920. The van der Waals surface area contributed by atoms with Gasteiger partial charge in [0.05, 0.1) is 5.56 Å². The molecule has 0 unspecified atom stereocenters. The topological polar surface area (TPSA) is 54.9 Å². The predicted molar refractivity (Wildman–Crippen MR) is 100 cm³/mol. The summed E-state index contributed by atoms with van der Waals surface area (Å²) in [5, 5.41) is 11.9. The van der Waals surface area contributed by atoms with Crippen molar-refractivity contribution in [3.63, 3.8) is 0 Å². The fourth-order valence-corrected chi connectivity index (χ4v) is 4.21. The highest BCUT2D eigenvalue weighted by atomic mass is 35.5. The first kappa shape index (κ1) is 18.1. The molecule has 0 aliphatic carbocycles. The van der Waals surface area contributed by atoms with Gasteiger partial charge in [-0.3, -0.25) is 10.1 Å². The Labute approximate surface area is 161 Å². The Balaban J connectivity index is 1.62. The van der Waals surface area contributed by atoms with E-state index in [2.05, 4.69) is 15.5 Å². The lowest BCUT2D eigenvalue weighted by Crippen LogP contribution is -2.13. The first-order valence-corrected chi connectivity index (χ1v) is 9.55. The van der Waals surface area contributed by atoms with E-state index in [1.165, 1.54) is 41.3 Å². The molecule has 128 valence electrons. The van der Waals surface area contributed by atoms with Crippen LogP contribution in [0, 0.1) is 5.82 Å². The van der Waals surface area contributed by atoms with Gasteiger partial charge in [0.25, 0.3) is 5.91 Å². The number of anilines is 1. The van der Waals surface area contributed by atoms with Crippen molar-refractivity contribution >= 4 is 57.3 Å². The van der Waals surface area contributed by atoms with Crippen LogP contribution in [-0.4, -0.2) is 16.1 Å². The standard InChI is InChI=1S/C16H10Cl2FN3OS2/c17-10-6-5-9(12(18)7-10)8-24-16-22-21-15(25-16)20-14(23)11-3-1-2-4-13(11)19/h1-7H,8H2,(H,20,21,23). The third kappa shape index (κ3) is 4.70. The second kappa shape index (κ2) is 8.14. The molecule has 4 nitrogen and oxygen atoms in total. The van der Waals surface area contributed by atoms with Crippen LogP contribution in [0.15, 0.2) is 46.8 Å². The number of nitrogens with zero attached hydrogens (tertiary/aromatic N) is 2. The van der Waals surface area contributed by atoms with E-state index in [9.17, 15) is 9.18 Å². The second-order valence-electron chi connectivity index (χ2n) is 4.83. The van der Waals surface area contributed by atoms with E-state index in [1.54, 1.807) is 18.2 Å². The van der Waals surface area contributed by atoms with Crippen molar-refractivity contribution in [1.29, 1.82) is 0 Å². The molecule has 3 rings (SSSR count). The van der Waals surface area contributed by atoms with E-state index in [-0.39, 0.29) is 5.56 Å². The zero-order chi connectivity index (χ0) is 17.8. The maximum absolute atomic E-state index is 13.6. The predicted octanol–water partition coefficient (Wildman–Crippen LogP) is 5.53. The molecule has 3 aromatic rings.